The third-order valence-corrected chi connectivity index (χ3v) is 5.49. The molecule has 0 saturated carbocycles. The summed E-state index contributed by atoms with van der Waals surface area (Å²) in [5.41, 5.74) is 8.62. The number of anilines is 1. The summed E-state index contributed by atoms with van der Waals surface area (Å²) in [5.74, 6) is 0.0429. The minimum Gasteiger partial charge on any atom is -0.443 e. The van der Waals surface area contributed by atoms with Gasteiger partial charge in [-0.1, -0.05) is 42.0 Å². The average Bonchev–Trinajstić information content (AvgIpc) is 3.44. The Morgan fingerprint density at radius 2 is 1.76 bits per heavy atom. The number of carbonyl (C=O) groups excluding carboxylic acids is 2. The van der Waals surface area contributed by atoms with Crippen LogP contribution < -0.4 is 11.1 Å². The Morgan fingerprint density at radius 3 is 2.46 bits per heavy atom. The van der Waals surface area contributed by atoms with Gasteiger partial charge in [-0.05, 0) is 65.0 Å². The van der Waals surface area contributed by atoms with Crippen LogP contribution in [0.1, 0.15) is 63.9 Å². The summed E-state index contributed by atoms with van der Waals surface area (Å²) in [6, 6.07) is 9.76. The lowest BCUT2D eigenvalue weighted by molar-refractivity contribution is -0.117. The fourth-order valence-electron chi connectivity index (χ4n) is 3.66. The summed E-state index contributed by atoms with van der Waals surface area (Å²) in [7, 11) is 0. The van der Waals surface area contributed by atoms with E-state index >= 15 is 0 Å². The molecule has 0 spiro atoms. The number of nitrogens with one attached hydrogen (secondary N) is 1. The summed E-state index contributed by atoms with van der Waals surface area (Å²) in [5, 5.41) is 11.3. The maximum Gasteiger partial charge on any atom is 0.421 e. The molecule has 0 fully saturated rings. The Morgan fingerprint density at radius 1 is 1.05 bits per heavy atom. The van der Waals surface area contributed by atoms with E-state index in [-0.39, 0.29) is 11.9 Å². The van der Waals surface area contributed by atoms with Gasteiger partial charge in [0.1, 0.15) is 5.60 Å². The van der Waals surface area contributed by atoms with Gasteiger partial charge < -0.3 is 15.8 Å². The number of carbonyl (C=O) groups is 2. The molecule has 1 amide bonds. The maximum absolute atomic E-state index is 12.3. The van der Waals surface area contributed by atoms with Gasteiger partial charge in [0.2, 0.25) is 11.9 Å². The number of benzene rings is 1. The molecule has 0 unspecified atom stereocenters. The number of nitrogens with two attached hydrogens (primary N) is 1. The van der Waals surface area contributed by atoms with Gasteiger partial charge in [-0.2, -0.15) is 0 Å². The fraction of sp³-hybridized carbons (Fsp3) is 0.444. The van der Waals surface area contributed by atoms with Crippen molar-refractivity contribution >= 4 is 24.0 Å². The first kappa shape index (κ1) is 27.6. The van der Waals surface area contributed by atoms with E-state index in [0.29, 0.717) is 18.7 Å². The van der Waals surface area contributed by atoms with Crippen LogP contribution in [-0.2, 0) is 28.9 Å². The third kappa shape index (κ3) is 9.21. The lowest BCUT2D eigenvalue weighted by atomic mass is 10.1. The molecule has 10 heteroatoms. The minimum atomic E-state index is -0.595. The summed E-state index contributed by atoms with van der Waals surface area (Å²) in [6.45, 7) is 8.25. The molecule has 0 atom stereocenters. The van der Waals surface area contributed by atoms with Gasteiger partial charge in [-0.25, -0.2) is 14.3 Å². The molecule has 0 aliphatic rings. The highest BCUT2D eigenvalue weighted by Crippen LogP contribution is 2.14. The predicted molar refractivity (Wildman–Crippen MR) is 143 cm³/mol. The van der Waals surface area contributed by atoms with Crippen molar-refractivity contribution in [3.05, 3.63) is 65.2 Å². The molecule has 3 N–H and O–H groups in total. The highest BCUT2D eigenvalue weighted by atomic mass is 16.6. The van der Waals surface area contributed by atoms with Crippen LogP contribution in [0.4, 0.5) is 10.7 Å². The number of unbranched alkanes of at least 4 members (excludes halogenated alkanes) is 2. The van der Waals surface area contributed by atoms with Crippen molar-refractivity contribution in [2.45, 2.75) is 71.9 Å². The Bertz CT molecular complexity index is 1210. The second kappa shape index (κ2) is 12.8. The number of aromatic nitrogens is 5. The van der Waals surface area contributed by atoms with E-state index < -0.39 is 11.7 Å². The van der Waals surface area contributed by atoms with Crippen LogP contribution in [0.15, 0.2) is 48.3 Å². The molecule has 2 aromatic heterocycles. The van der Waals surface area contributed by atoms with Crippen molar-refractivity contribution in [1.29, 1.82) is 0 Å². The topological polar surface area (TPSA) is 130 Å². The van der Waals surface area contributed by atoms with Gasteiger partial charge in [0.05, 0.1) is 17.9 Å². The second-order valence-electron chi connectivity index (χ2n) is 9.97. The molecule has 10 nitrogen and oxygen atoms in total. The molecule has 0 bridgehead atoms. The van der Waals surface area contributed by atoms with Gasteiger partial charge >= 0.3 is 6.09 Å². The number of aryl methyl sites for hydroxylation is 2. The van der Waals surface area contributed by atoms with E-state index in [1.807, 2.05) is 63.4 Å². The number of hydrogen-bond donors (Lipinski definition) is 2. The molecule has 1 aromatic carbocycles. The minimum absolute atomic E-state index is 0.0955. The van der Waals surface area contributed by atoms with Crippen molar-refractivity contribution in [1.82, 2.24) is 29.9 Å². The molecule has 0 aliphatic carbocycles. The first-order valence-electron chi connectivity index (χ1n) is 12.6. The number of amides is 1. The van der Waals surface area contributed by atoms with Crippen LogP contribution in [0.2, 0.25) is 0 Å². The molecule has 198 valence electrons. The molecule has 3 aromatic rings. The molecule has 3 rings (SSSR count). The molecule has 2 heterocycles. The number of nitrogens with zero attached hydrogens (tertiary/aromatic N) is 5. The zero-order chi connectivity index (χ0) is 26.8. The zero-order valence-electron chi connectivity index (χ0n) is 22.1. The summed E-state index contributed by atoms with van der Waals surface area (Å²) >= 11 is 0. The Balaban J connectivity index is 1.33. The lowest BCUT2D eigenvalue weighted by Crippen LogP contribution is -2.27. The van der Waals surface area contributed by atoms with E-state index in [1.165, 1.54) is 4.57 Å². The van der Waals surface area contributed by atoms with Crippen LogP contribution in [0.3, 0.4) is 0 Å². The quantitative estimate of drug-likeness (QED) is 0.296. The smallest absolute Gasteiger partial charge is 0.421 e. The number of imidazole rings is 1. The lowest BCUT2D eigenvalue weighted by Gasteiger charge is -2.19. The Hall–Kier alpha value is -3.95. The number of hydrogen-bond acceptors (Lipinski definition) is 7. The van der Waals surface area contributed by atoms with Crippen LogP contribution in [0, 0.1) is 0 Å². The van der Waals surface area contributed by atoms with Crippen molar-refractivity contribution in [2.75, 3.05) is 12.3 Å². The van der Waals surface area contributed by atoms with E-state index in [2.05, 4.69) is 20.6 Å². The fourth-order valence-corrected chi connectivity index (χ4v) is 3.66. The number of ether oxygens (including phenoxy) is 1. The zero-order valence-corrected chi connectivity index (χ0v) is 22.1. The van der Waals surface area contributed by atoms with E-state index in [9.17, 15) is 9.59 Å². The van der Waals surface area contributed by atoms with Crippen molar-refractivity contribution in [3.8, 4) is 0 Å². The summed E-state index contributed by atoms with van der Waals surface area (Å²) in [4.78, 5) is 28.8. The van der Waals surface area contributed by atoms with Gasteiger partial charge in [0.25, 0.3) is 0 Å². The van der Waals surface area contributed by atoms with Gasteiger partial charge in [0, 0.05) is 24.5 Å². The second-order valence-corrected chi connectivity index (χ2v) is 9.97. The third-order valence-electron chi connectivity index (χ3n) is 5.49. The van der Waals surface area contributed by atoms with Gasteiger partial charge in [-0.15, -0.1) is 5.10 Å². The van der Waals surface area contributed by atoms with Crippen LogP contribution in [-0.4, -0.2) is 48.7 Å². The van der Waals surface area contributed by atoms with Crippen LogP contribution in [0.5, 0.6) is 0 Å². The number of rotatable bonds is 11. The van der Waals surface area contributed by atoms with Gasteiger partial charge in [0.15, 0.2) is 0 Å². The highest BCUT2D eigenvalue weighted by molar-refractivity contribution is 5.97. The molecule has 0 saturated heterocycles. The van der Waals surface area contributed by atoms with E-state index in [0.717, 1.165) is 49.1 Å². The summed E-state index contributed by atoms with van der Waals surface area (Å²) < 4.78 is 8.35. The first-order valence-corrected chi connectivity index (χ1v) is 12.6. The highest BCUT2D eigenvalue weighted by Gasteiger charge is 2.20. The van der Waals surface area contributed by atoms with Crippen LogP contribution >= 0.6 is 0 Å². The predicted octanol–water partition coefficient (Wildman–Crippen LogP) is 4.02. The molecule has 0 radical (unpaired) electrons. The Kier molecular flexibility index (Phi) is 9.59. The Labute approximate surface area is 217 Å². The molecular formula is C27H37N7O3. The van der Waals surface area contributed by atoms with Crippen LogP contribution in [0.25, 0.3) is 6.08 Å². The molecular weight excluding hydrogens is 470 g/mol. The number of nitrogen functional groups attached to an aromatic ring is 1. The van der Waals surface area contributed by atoms with E-state index in [1.54, 1.807) is 17.8 Å². The van der Waals surface area contributed by atoms with Crippen molar-refractivity contribution in [3.63, 3.8) is 0 Å². The first-order chi connectivity index (χ1) is 17.6. The van der Waals surface area contributed by atoms with Crippen molar-refractivity contribution in [2.24, 2.45) is 0 Å². The largest absolute Gasteiger partial charge is 0.443 e. The normalized spacial score (nSPS) is 11.9. The average molecular weight is 508 g/mol. The SMILES string of the molecule is C/C(=C\c1ccccc1)C(=O)NCCn1cc(CCCCCc2cn(C(=O)OC(C)(C)C)c(N)n2)nn1. The van der Waals surface area contributed by atoms with Crippen molar-refractivity contribution < 1.29 is 14.3 Å². The summed E-state index contributed by atoms with van der Waals surface area (Å²) in [6.07, 6.45) is 9.31. The standard InChI is InChI=1S/C27H37N7O3/c1-20(17-21-11-7-5-8-12-21)24(35)29-15-16-33-18-23(31-32-33)14-10-6-9-13-22-19-34(25(28)30-22)26(36)37-27(2,3)4/h5,7-8,11-12,17-19H,6,9-10,13-16H2,1-4H3,(H2,28,30)(H,29,35)/b20-17+. The maximum atomic E-state index is 12.3. The monoisotopic (exact) mass is 507 g/mol. The molecule has 37 heavy (non-hydrogen) atoms. The molecule has 0 aliphatic heterocycles. The van der Waals surface area contributed by atoms with E-state index in [4.69, 9.17) is 10.5 Å². The van der Waals surface area contributed by atoms with Gasteiger partial charge in [-0.3, -0.25) is 9.48 Å².